The van der Waals surface area contributed by atoms with E-state index in [1.807, 2.05) is 18.2 Å². The first kappa shape index (κ1) is 19.3. The van der Waals surface area contributed by atoms with E-state index in [-0.39, 0.29) is 23.8 Å². The van der Waals surface area contributed by atoms with Crippen LogP contribution in [0.1, 0.15) is 22.3 Å². The fraction of sp³-hybridized carbons (Fsp3) is 0.318. The van der Waals surface area contributed by atoms with E-state index in [9.17, 15) is 14.4 Å². The lowest BCUT2D eigenvalue weighted by Gasteiger charge is -2.37. The Morgan fingerprint density at radius 1 is 0.931 bits per heavy atom. The maximum absolute atomic E-state index is 12.9. The van der Waals surface area contributed by atoms with Gasteiger partial charge in [0, 0.05) is 32.7 Å². The Morgan fingerprint density at radius 2 is 1.59 bits per heavy atom. The van der Waals surface area contributed by atoms with Crippen molar-refractivity contribution in [1.29, 1.82) is 0 Å². The largest absolute Gasteiger partial charge is 0.478 e. The van der Waals surface area contributed by atoms with Crippen LogP contribution in [0.25, 0.3) is 0 Å². The predicted octanol–water partition coefficient (Wildman–Crippen LogP) is 1.83. The third-order valence-corrected chi connectivity index (χ3v) is 5.59. The number of hydrogen-bond acceptors (Lipinski definition) is 5. The van der Waals surface area contributed by atoms with Gasteiger partial charge in [-0.3, -0.25) is 19.4 Å². The molecule has 1 unspecified atom stereocenters. The van der Waals surface area contributed by atoms with Crippen LogP contribution in [-0.2, 0) is 16.1 Å². The van der Waals surface area contributed by atoms with Crippen molar-refractivity contribution in [2.75, 3.05) is 31.1 Å². The SMILES string of the molecule is O=C(O)c1ccc(N2C(=O)CC(N3CCN(Cc4ccccc4)CC3)C2=O)cc1. The van der Waals surface area contributed by atoms with Crippen molar-refractivity contribution >= 4 is 23.5 Å². The number of carboxylic acid groups (broad SMARTS) is 1. The maximum atomic E-state index is 12.9. The lowest BCUT2D eigenvalue weighted by Crippen LogP contribution is -2.52. The van der Waals surface area contributed by atoms with Gasteiger partial charge in [0.15, 0.2) is 0 Å². The quantitative estimate of drug-likeness (QED) is 0.781. The topological polar surface area (TPSA) is 81.2 Å². The van der Waals surface area contributed by atoms with Crippen molar-refractivity contribution < 1.29 is 19.5 Å². The minimum atomic E-state index is -1.04. The van der Waals surface area contributed by atoms with Crippen LogP contribution in [0.3, 0.4) is 0 Å². The van der Waals surface area contributed by atoms with Gasteiger partial charge in [0.05, 0.1) is 23.7 Å². The average Bonchev–Trinajstić information content (AvgIpc) is 3.03. The zero-order valence-electron chi connectivity index (χ0n) is 16.0. The van der Waals surface area contributed by atoms with Crippen molar-refractivity contribution in [1.82, 2.24) is 9.80 Å². The molecule has 2 aromatic rings. The van der Waals surface area contributed by atoms with Gasteiger partial charge in [0.2, 0.25) is 5.91 Å². The second-order valence-electron chi connectivity index (χ2n) is 7.44. The van der Waals surface area contributed by atoms with Crippen LogP contribution >= 0.6 is 0 Å². The summed E-state index contributed by atoms with van der Waals surface area (Å²) in [6.45, 7) is 4.05. The molecule has 2 saturated heterocycles. The number of imide groups is 1. The number of carbonyl (C=O) groups is 3. The molecular formula is C22H23N3O4. The maximum Gasteiger partial charge on any atom is 0.335 e. The molecule has 0 bridgehead atoms. The summed E-state index contributed by atoms with van der Waals surface area (Å²) < 4.78 is 0. The van der Waals surface area contributed by atoms with Gasteiger partial charge in [-0.1, -0.05) is 30.3 Å². The number of rotatable bonds is 5. The summed E-state index contributed by atoms with van der Waals surface area (Å²) >= 11 is 0. The van der Waals surface area contributed by atoms with Gasteiger partial charge in [-0.15, -0.1) is 0 Å². The summed E-state index contributed by atoms with van der Waals surface area (Å²) in [5, 5.41) is 9.01. The number of nitrogens with zero attached hydrogens (tertiary/aromatic N) is 3. The van der Waals surface area contributed by atoms with Crippen LogP contribution in [0.5, 0.6) is 0 Å². The first-order valence-corrected chi connectivity index (χ1v) is 9.73. The number of hydrogen-bond donors (Lipinski definition) is 1. The minimum Gasteiger partial charge on any atom is -0.478 e. The van der Waals surface area contributed by atoms with Crippen molar-refractivity contribution in [3.63, 3.8) is 0 Å². The number of carboxylic acids is 1. The van der Waals surface area contributed by atoms with Crippen LogP contribution in [0, 0.1) is 0 Å². The molecule has 2 heterocycles. The Balaban J connectivity index is 1.38. The first-order chi connectivity index (χ1) is 14.0. The van der Waals surface area contributed by atoms with Gasteiger partial charge in [0.1, 0.15) is 0 Å². The molecule has 0 aliphatic carbocycles. The van der Waals surface area contributed by atoms with E-state index < -0.39 is 12.0 Å². The van der Waals surface area contributed by atoms with Crippen molar-refractivity contribution in [2.45, 2.75) is 19.0 Å². The Morgan fingerprint density at radius 3 is 2.21 bits per heavy atom. The monoisotopic (exact) mass is 393 g/mol. The molecule has 4 rings (SSSR count). The predicted molar refractivity (Wildman–Crippen MR) is 108 cm³/mol. The number of anilines is 1. The fourth-order valence-electron chi connectivity index (χ4n) is 4.00. The van der Waals surface area contributed by atoms with E-state index in [1.165, 1.54) is 34.7 Å². The van der Waals surface area contributed by atoms with Crippen molar-refractivity contribution in [3.05, 3.63) is 65.7 Å². The van der Waals surface area contributed by atoms with Crippen LogP contribution in [0.15, 0.2) is 54.6 Å². The van der Waals surface area contributed by atoms with E-state index in [0.29, 0.717) is 5.69 Å². The lowest BCUT2D eigenvalue weighted by atomic mass is 10.1. The van der Waals surface area contributed by atoms with Crippen LogP contribution in [-0.4, -0.2) is 64.9 Å². The van der Waals surface area contributed by atoms with Gasteiger partial charge >= 0.3 is 5.97 Å². The fourth-order valence-corrected chi connectivity index (χ4v) is 4.00. The summed E-state index contributed by atoms with van der Waals surface area (Å²) in [6.07, 6.45) is 0.165. The van der Waals surface area contributed by atoms with Crippen LogP contribution < -0.4 is 4.90 Å². The third kappa shape index (κ3) is 4.06. The van der Waals surface area contributed by atoms with Gasteiger partial charge in [-0.05, 0) is 29.8 Å². The number of piperazine rings is 1. The standard InChI is InChI=1S/C22H23N3O4/c26-20-14-19(21(27)25(20)18-8-6-17(7-9-18)22(28)29)24-12-10-23(11-13-24)15-16-4-2-1-3-5-16/h1-9,19H,10-15H2,(H,28,29). The van der Waals surface area contributed by atoms with E-state index in [0.717, 1.165) is 32.7 Å². The molecule has 0 spiro atoms. The molecule has 2 aromatic carbocycles. The van der Waals surface area contributed by atoms with E-state index in [4.69, 9.17) is 5.11 Å². The number of benzene rings is 2. The molecule has 7 heteroatoms. The van der Waals surface area contributed by atoms with E-state index in [2.05, 4.69) is 21.9 Å². The first-order valence-electron chi connectivity index (χ1n) is 9.73. The normalized spacial score (nSPS) is 21.0. The third-order valence-electron chi connectivity index (χ3n) is 5.59. The number of aromatic carboxylic acids is 1. The molecule has 2 aliphatic rings. The van der Waals surface area contributed by atoms with Crippen molar-refractivity contribution in [2.24, 2.45) is 0 Å². The molecule has 29 heavy (non-hydrogen) atoms. The lowest BCUT2D eigenvalue weighted by molar-refractivity contribution is -0.123. The highest BCUT2D eigenvalue weighted by molar-refractivity contribution is 6.22. The van der Waals surface area contributed by atoms with Gasteiger partial charge in [0.25, 0.3) is 5.91 Å². The molecule has 7 nitrogen and oxygen atoms in total. The number of amides is 2. The van der Waals surface area contributed by atoms with Crippen LogP contribution in [0.2, 0.25) is 0 Å². The Labute approximate surface area is 169 Å². The highest BCUT2D eigenvalue weighted by Crippen LogP contribution is 2.27. The van der Waals surface area contributed by atoms with E-state index >= 15 is 0 Å². The Kier molecular flexibility index (Phi) is 5.42. The summed E-state index contributed by atoms with van der Waals surface area (Å²) in [5.41, 5.74) is 1.82. The zero-order chi connectivity index (χ0) is 20.4. The highest BCUT2D eigenvalue weighted by Gasteiger charge is 2.43. The molecular weight excluding hydrogens is 370 g/mol. The molecule has 150 valence electrons. The molecule has 1 N–H and O–H groups in total. The average molecular weight is 393 g/mol. The summed E-state index contributed by atoms with van der Waals surface area (Å²) in [4.78, 5) is 42.1. The highest BCUT2D eigenvalue weighted by atomic mass is 16.4. The summed E-state index contributed by atoms with van der Waals surface area (Å²) in [6, 6.07) is 15.7. The molecule has 1 atom stereocenters. The van der Waals surface area contributed by atoms with Crippen LogP contribution in [0.4, 0.5) is 5.69 Å². The molecule has 0 saturated carbocycles. The minimum absolute atomic E-state index is 0.124. The molecule has 0 radical (unpaired) electrons. The second-order valence-corrected chi connectivity index (χ2v) is 7.44. The molecule has 2 aliphatic heterocycles. The van der Waals surface area contributed by atoms with Gasteiger partial charge in [-0.2, -0.15) is 0 Å². The number of carbonyl (C=O) groups excluding carboxylic acids is 2. The Hall–Kier alpha value is -3.03. The smallest absolute Gasteiger partial charge is 0.335 e. The summed E-state index contributed by atoms with van der Waals surface area (Å²) in [7, 11) is 0. The molecule has 2 amide bonds. The zero-order valence-corrected chi connectivity index (χ0v) is 16.0. The van der Waals surface area contributed by atoms with Gasteiger partial charge in [-0.25, -0.2) is 9.69 Å². The van der Waals surface area contributed by atoms with E-state index in [1.54, 1.807) is 0 Å². The summed E-state index contributed by atoms with van der Waals surface area (Å²) in [5.74, 6) is -1.51. The molecule has 0 aromatic heterocycles. The Bertz CT molecular complexity index is 905. The van der Waals surface area contributed by atoms with Gasteiger partial charge < -0.3 is 5.11 Å². The molecule has 2 fully saturated rings. The second kappa shape index (κ2) is 8.14. The van der Waals surface area contributed by atoms with Crippen molar-refractivity contribution in [3.8, 4) is 0 Å².